The monoisotopic (exact) mass is 347 g/mol. The third-order valence-electron chi connectivity index (χ3n) is 3.67. The molecule has 1 aliphatic rings. The first-order valence-electron chi connectivity index (χ1n) is 7.58. The molecule has 7 nitrogen and oxygen atoms in total. The fourth-order valence-electron chi connectivity index (χ4n) is 2.49. The van der Waals surface area contributed by atoms with Crippen molar-refractivity contribution >= 4 is 23.0 Å². The van der Waals surface area contributed by atoms with Gasteiger partial charge in [-0.1, -0.05) is 30.0 Å². The number of thioether (sulfide) groups is 1. The molecular formula is C16H19N4O3S-. The number of aliphatic imine (C=N–C) groups is 1. The molecule has 1 heterocycles. The topological polar surface area (TPSA) is 101 Å². The van der Waals surface area contributed by atoms with Crippen molar-refractivity contribution in [3.63, 3.8) is 0 Å². The highest BCUT2D eigenvalue weighted by Gasteiger charge is 2.21. The summed E-state index contributed by atoms with van der Waals surface area (Å²) in [5, 5.41) is 22.8. The Morgan fingerprint density at radius 1 is 1.58 bits per heavy atom. The highest BCUT2D eigenvalue weighted by Crippen LogP contribution is 2.27. The number of nitriles is 1. The molecule has 128 valence electrons. The number of carbonyl (C=O) groups is 1. The summed E-state index contributed by atoms with van der Waals surface area (Å²) in [5.74, 6) is 0.813. The zero-order valence-corrected chi connectivity index (χ0v) is 14.2. The number of aryl methyl sites for hydroxylation is 1. The van der Waals surface area contributed by atoms with E-state index in [2.05, 4.69) is 10.3 Å². The van der Waals surface area contributed by atoms with Crippen LogP contribution in [-0.4, -0.2) is 48.2 Å². The van der Waals surface area contributed by atoms with Gasteiger partial charge in [0.15, 0.2) is 11.4 Å². The maximum Gasteiger partial charge on any atom is 0.183 e. The third kappa shape index (κ3) is 5.06. The lowest BCUT2D eigenvalue weighted by Crippen LogP contribution is -2.48. The molecule has 1 N–H and O–H groups in total. The van der Waals surface area contributed by atoms with E-state index in [-0.39, 0.29) is 25.7 Å². The molecule has 0 saturated heterocycles. The molecule has 8 heteroatoms. The van der Waals surface area contributed by atoms with E-state index in [1.165, 1.54) is 16.7 Å². The minimum absolute atomic E-state index is 0.195. The van der Waals surface area contributed by atoms with Crippen molar-refractivity contribution < 1.29 is 14.6 Å². The number of fused-ring (bicyclic) bond motifs is 1. The average Bonchev–Trinajstić information content (AvgIpc) is 2.59. The van der Waals surface area contributed by atoms with Crippen molar-refractivity contribution in [2.75, 3.05) is 25.9 Å². The van der Waals surface area contributed by atoms with Crippen molar-refractivity contribution in [3.8, 4) is 11.9 Å². The lowest BCUT2D eigenvalue weighted by atomic mass is 10.0. The molecular weight excluding hydrogens is 328 g/mol. The van der Waals surface area contributed by atoms with Gasteiger partial charge >= 0.3 is 0 Å². The van der Waals surface area contributed by atoms with Gasteiger partial charge in [0.25, 0.3) is 0 Å². The predicted octanol–water partition coefficient (Wildman–Crippen LogP) is 0.815. The lowest BCUT2D eigenvalue weighted by molar-refractivity contribution is -0.266. The Hall–Kier alpha value is -2.40. The number of benzene rings is 1. The Morgan fingerprint density at radius 2 is 2.38 bits per heavy atom. The van der Waals surface area contributed by atoms with E-state index in [1.54, 1.807) is 12.4 Å². The summed E-state index contributed by atoms with van der Waals surface area (Å²) in [6, 6.07) is 7.78. The van der Waals surface area contributed by atoms with Crippen molar-refractivity contribution in [2.45, 2.75) is 18.9 Å². The molecule has 1 amide bonds. The largest absolute Gasteiger partial charge is 0.530 e. The van der Waals surface area contributed by atoms with Gasteiger partial charge in [-0.2, -0.15) is 5.26 Å². The second-order valence-electron chi connectivity index (χ2n) is 5.23. The summed E-state index contributed by atoms with van der Waals surface area (Å²) in [5.41, 5.74) is 1.14. The van der Waals surface area contributed by atoms with E-state index < -0.39 is 6.09 Å². The van der Waals surface area contributed by atoms with Gasteiger partial charge in [0, 0.05) is 6.54 Å². The summed E-state index contributed by atoms with van der Waals surface area (Å²) in [7, 11) is 0. The first-order valence-corrected chi connectivity index (χ1v) is 8.80. The number of rotatable bonds is 5. The molecule has 0 aliphatic carbocycles. The van der Waals surface area contributed by atoms with Crippen LogP contribution in [0.2, 0.25) is 0 Å². The van der Waals surface area contributed by atoms with E-state index in [4.69, 9.17) is 10.00 Å². The Labute approximate surface area is 145 Å². The van der Waals surface area contributed by atoms with E-state index in [0.29, 0.717) is 5.17 Å². The van der Waals surface area contributed by atoms with E-state index in [1.807, 2.05) is 24.3 Å². The maximum atomic E-state index is 11.3. The molecule has 0 radical (unpaired) electrons. The molecule has 0 bridgehead atoms. The fraction of sp³-hybridized carbons (Fsp3) is 0.438. The Bertz CT molecular complexity index is 644. The molecule has 1 aromatic rings. The molecule has 1 atom stereocenters. The number of carboxylic acid groups (broad SMARTS) is 1. The highest BCUT2D eigenvalue weighted by atomic mass is 32.2. The van der Waals surface area contributed by atoms with Crippen molar-refractivity contribution in [1.82, 2.24) is 10.2 Å². The number of nitrogens with one attached hydrogen (secondary N) is 1. The number of hydrogen-bond acceptors (Lipinski definition) is 6. The SMILES string of the molecule is CSC(=NCCN(CC1CCc2ccccc2O1)C(=O)[O-])NC#N. The molecule has 1 aromatic carbocycles. The van der Waals surface area contributed by atoms with Crippen molar-refractivity contribution in [1.29, 1.82) is 5.26 Å². The smallest absolute Gasteiger partial charge is 0.183 e. The van der Waals surface area contributed by atoms with Crippen LogP contribution in [0.5, 0.6) is 5.75 Å². The van der Waals surface area contributed by atoms with Crippen molar-refractivity contribution in [3.05, 3.63) is 29.8 Å². The minimum Gasteiger partial charge on any atom is -0.530 e. The van der Waals surface area contributed by atoms with Gasteiger partial charge in [-0.25, -0.2) is 0 Å². The third-order valence-corrected chi connectivity index (χ3v) is 4.28. The summed E-state index contributed by atoms with van der Waals surface area (Å²) in [6.45, 7) is 0.690. The van der Waals surface area contributed by atoms with Crippen LogP contribution < -0.4 is 15.2 Å². The number of hydrogen-bond donors (Lipinski definition) is 1. The highest BCUT2D eigenvalue weighted by molar-refractivity contribution is 8.13. The van der Waals surface area contributed by atoms with Gasteiger partial charge in [-0.3, -0.25) is 10.3 Å². The van der Waals surface area contributed by atoms with E-state index in [0.717, 1.165) is 24.2 Å². The molecule has 0 fully saturated rings. The number of ether oxygens (including phenoxy) is 1. The molecule has 0 spiro atoms. The number of carbonyl (C=O) groups excluding carboxylic acids is 1. The average molecular weight is 347 g/mol. The van der Waals surface area contributed by atoms with E-state index in [9.17, 15) is 9.90 Å². The van der Waals surface area contributed by atoms with Gasteiger partial charge in [0.05, 0.1) is 13.1 Å². The van der Waals surface area contributed by atoms with Crippen LogP contribution in [0.3, 0.4) is 0 Å². The normalized spacial score (nSPS) is 16.5. The number of para-hydroxylation sites is 1. The van der Waals surface area contributed by atoms with Crippen molar-refractivity contribution in [2.24, 2.45) is 4.99 Å². The Balaban J connectivity index is 1.90. The molecule has 0 aromatic heterocycles. The van der Waals surface area contributed by atoms with Crippen LogP contribution in [0.4, 0.5) is 4.79 Å². The Kier molecular flexibility index (Phi) is 6.75. The molecule has 0 saturated carbocycles. The number of amides is 1. The molecule has 1 aliphatic heterocycles. The number of nitrogens with zero attached hydrogens (tertiary/aromatic N) is 3. The van der Waals surface area contributed by atoms with Crippen LogP contribution in [0.1, 0.15) is 12.0 Å². The van der Waals surface area contributed by atoms with Gasteiger partial charge in [-0.15, -0.1) is 0 Å². The van der Waals surface area contributed by atoms with Crippen LogP contribution in [0, 0.1) is 11.5 Å². The second kappa shape index (κ2) is 9.03. The molecule has 2 rings (SSSR count). The van der Waals surface area contributed by atoms with Gasteiger partial charge in [-0.05, 0) is 30.7 Å². The van der Waals surface area contributed by atoms with Crippen LogP contribution in [0.15, 0.2) is 29.3 Å². The predicted molar refractivity (Wildman–Crippen MR) is 90.7 cm³/mol. The van der Waals surface area contributed by atoms with Gasteiger partial charge in [0.2, 0.25) is 0 Å². The van der Waals surface area contributed by atoms with Crippen LogP contribution >= 0.6 is 11.8 Å². The van der Waals surface area contributed by atoms with Gasteiger partial charge < -0.3 is 19.5 Å². The first-order chi connectivity index (χ1) is 11.6. The van der Waals surface area contributed by atoms with E-state index >= 15 is 0 Å². The zero-order valence-electron chi connectivity index (χ0n) is 13.4. The minimum atomic E-state index is -1.24. The second-order valence-corrected chi connectivity index (χ2v) is 6.02. The summed E-state index contributed by atoms with van der Waals surface area (Å²) in [4.78, 5) is 16.7. The van der Waals surface area contributed by atoms with Crippen LogP contribution in [-0.2, 0) is 6.42 Å². The van der Waals surface area contributed by atoms with Crippen LogP contribution in [0.25, 0.3) is 0 Å². The summed E-state index contributed by atoms with van der Waals surface area (Å²) in [6.07, 6.45) is 3.76. The summed E-state index contributed by atoms with van der Waals surface area (Å²) >= 11 is 1.29. The molecule has 24 heavy (non-hydrogen) atoms. The molecule has 1 unspecified atom stereocenters. The van der Waals surface area contributed by atoms with Gasteiger partial charge in [0.1, 0.15) is 17.9 Å². The zero-order chi connectivity index (χ0) is 17.4. The standard InChI is InChI=1S/C16H20N4O3S/c1-24-15(19-11-17)18-8-9-20(16(21)22)10-13-7-6-12-4-2-3-5-14(12)23-13/h2-5,13H,6-10H2,1H3,(H,18,19)(H,21,22)/p-1. The lowest BCUT2D eigenvalue weighted by Gasteiger charge is -2.32. The fourth-order valence-corrected chi connectivity index (χ4v) is 2.86. The quantitative estimate of drug-likeness (QED) is 0.366. The maximum absolute atomic E-state index is 11.3. The number of amidine groups is 1. The Morgan fingerprint density at radius 3 is 3.08 bits per heavy atom. The first kappa shape index (κ1) is 17.9. The summed E-state index contributed by atoms with van der Waals surface area (Å²) < 4.78 is 5.87.